The first-order valence-corrected chi connectivity index (χ1v) is 6.14. The van der Waals surface area contributed by atoms with E-state index in [0.717, 1.165) is 5.69 Å². The third-order valence-corrected chi connectivity index (χ3v) is 2.66. The topological polar surface area (TPSA) is 109 Å². The lowest BCUT2D eigenvalue weighted by Crippen LogP contribution is -2.24. The summed E-state index contributed by atoms with van der Waals surface area (Å²) in [6, 6.07) is 9.61. The van der Waals surface area contributed by atoms with Crippen molar-refractivity contribution < 1.29 is 14.1 Å². The summed E-state index contributed by atoms with van der Waals surface area (Å²) in [5.74, 6) is 0.186. The van der Waals surface area contributed by atoms with Gasteiger partial charge in [0.2, 0.25) is 0 Å². The number of amides is 2. The van der Waals surface area contributed by atoms with Crippen molar-refractivity contribution in [1.82, 2.24) is 5.32 Å². The number of hydrogen-bond donors (Lipinski definition) is 3. The average Bonchev–Trinajstić information content (AvgIpc) is 2.95. The Morgan fingerprint density at radius 2 is 1.86 bits per heavy atom. The van der Waals surface area contributed by atoms with Gasteiger partial charge in [0, 0.05) is 18.4 Å². The minimum Gasteiger partial charge on any atom is -0.404 e. The SMILES string of the molecule is CNC(=O)Nc1ccc(NCc2ccc([N+](=O)[O-])o2)cc1. The molecule has 0 unspecified atom stereocenters. The molecule has 1 aromatic heterocycles. The van der Waals surface area contributed by atoms with E-state index in [1.807, 2.05) is 0 Å². The third-order valence-electron chi connectivity index (χ3n) is 2.66. The lowest BCUT2D eigenvalue weighted by molar-refractivity contribution is -0.402. The highest BCUT2D eigenvalue weighted by Crippen LogP contribution is 2.18. The molecular formula is C13H14N4O4. The minimum absolute atomic E-state index is 0.281. The van der Waals surface area contributed by atoms with Crippen LogP contribution >= 0.6 is 0 Å². The molecule has 0 aliphatic carbocycles. The second-order valence-corrected chi connectivity index (χ2v) is 4.13. The van der Waals surface area contributed by atoms with Gasteiger partial charge in [-0.25, -0.2) is 4.79 Å². The maximum atomic E-state index is 11.1. The lowest BCUT2D eigenvalue weighted by atomic mass is 10.2. The fourth-order valence-corrected chi connectivity index (χ4v) is 1.61. The van der Waals surface area contributed by atoms with Crippen LogP contribution in [-0.2, 0) is 6.54 Å². The summed E-state index contributed by atoms with van der Waals surface area (Å²) in [7, 11) is 1.54. The Morgan fingerprint density at radius 1 is 1.19 bits per heavy atom. The zero-order chi connectivity index (χ0) is 15.2. The zero-order valence-corrected chi connectivity index (χ0v) is 11.3. The maximum Gasteiger partial charge on any atom is 0.433 e. The van der Waals surface area contributed by atoms with E-state index in [4.69, 9.17) is 4.42 Å². The molecule has 0 saturated carbocycles. The number of hydrogen-bond acceptors (Lipinski definition) is 5. The van der Waals surface area contributed by atoms with Crippen molar-refractivity contribution in [1.29, 1.82) is 0 Å². The van der Waals surface area contributed by atoms with E-state index in [0.29, 0.717) is 18.0 Å². The van der Waals surface area contributed by atoms with E-state index >= 15 is 0 Å². The summed E-state index contributed by atoms with van der Waals surface area (Å²) in [6.07, 6.45) is 0. The summed E-state index contributed by atoms with van der Waals surface area (Å²) in [6.45, 7) is 0.329. The number of urea groups is 1. The summed E-state index contributed by atoms with van der Waals surface area (Å²) < 4.78 is 5.03. The largest absolute Gasteiger partial charge is 0.433 e. The van der Waals surface area contributed by atoms with Crippen molar-refractivity contribution in [3.63, 3.8) is 0 Å². The lowest BCUT2D eigenvalue weighted by Gasteiger charge is -2.07. The standard InChI is InChI=1S/C13H14N4O4/c1-14-13(18)16-10-4-2-9(3-5-10)15-8-11-6-7-12(21-11)17(19)20/h2-7,15H,8H2,1H3,(H2,14,16,18). The maximum absolute atomic E-state index is 11.1. The Labute approximate surface area is 120 Å². The highest BCUT2D eigenvalue weighted by Gasteiger charge is 2.11. The highest BCUT2D eigenvalue weighted by molar-refractivity contribution is 5.89. The quantitative estimate of drug-likeness (QED) is 0.579. The Hall–Kier alpha value is -3.03. The molecule has 110 valence electrons. The van der Waals surface area contributed by atoms with Gasteiger partial charge in [-0.05, 0) is 30.3 Å². The number of carbonyl (C=O) groups excluding carboxylic acids is 1. The van der Waals surface area contributed by atoms with Crippen LogP contribution in [0.5, 0.6) is 0 Å². The highest BCUT2D eigenvalue weighted by atomic mass is 16.6. The second kappa shape index (κ2) is 6.42. The first-order chi connectivity index (χ1) is 10.1. The molecule has 0 aliphatic heterocycles. The van der Waals surface area contributed by atoms with Gasteiger partial charge in [-0.2, -0.15) is 0 Å². The average molecular weight is 290 g/mol. The van der Waals surface area contributed by atoms with Crippen LogP contribution in [0.1, 0.15) is 5.76 Å². The van der Waals surface area contributed by atoms with Gasteiger partial charge in [0.25, 0.3) is 0 Å². The Bertz CT molecular complexity index is 636. The molecule has 1 aromatic carbocycles. The normalized spacial score (nSPS) is 9.95. The number of nitrogens with zero attached hydrogens (tertiary/aromatic N) is 1. The molecule has 0 spiro atoms. The monoisotopic (exact) mass is 290 g/mol. The van der Waals surface area contributed by atoms with Crippen molar-refractivity contribution >= 4 is 23.3 Å². The number of rotatable bonds is 5. The van der Waals surface area contributed by atoms with E-state index in [1.165, 1.54) is 13.1 Å². The Kier molecular flexibility index (Phi) is 4.39. The van der Waals surface area contributed by atoms with Gasteiger partial charge in [0.15, 0.2) is 0 Å². The molecule has 3 N–H and O–H groups in total. The molecule has 2 amide bonds. The van der Waals surface area contributed by atoms with Crippen molar-refractivity contribution in [3.8, 4) is 0 Å². The van der Waals surface area contributed by atoms with Crippen LogP contribution in [0.3, 0.4) is 0 Å². The van der Waals surface area contributed by atoms with Crippen molar-refractivity contribution in [2.75, 3.05) is 17.7 Å². The molecular weight excluding hydrogens is 276 g/mol. The van der Waals surface area contributed by atoms with Gasteiger partial charge in [0.1, 0.15) is 10.7 Å². The summed E-state index contributed by atoms with van der Waals surface area (Å²) in [5.41, 5.74) is 1.46. The molecule has 1 heterocycles. The molecule has 0 radical (unpaired) electrons. The van der Waals surface area contributed by atoms with Crippen LogP contribution in [0.15, 0.2) is 40.8 Å². The van der Waals surface area contributed by atoms with E-state index in [-0.39, 0.29) is 11.9 Å². The van der Waals surface area contributed by atoms with Crippen LogP contribution in [0.2, 0.25) is 0 Å². The first kappa shape index (κ1) is 14.4. The number of anilines is 2. The van der Waals surface area contributed by atoms with E-state index < -0.39 is 4.92 Å². The van der Waals surface area contributed by atoms with Gasteiger partial charge in [-0.15, -0.1) is 0 Å². The molecule has 0 fully saturated rings. The number of benzene rings is 1. The Morgan fingerprint density at radius 3 is 2.43 bits per heavy atom. The summed E-state index contributed by atoms with van der Waals surface area (Å²) >= 11 is 0. The van der Waals surface area contributed by atoms with Crippen LogP contribution in [-0.4, -0.2) is 18.0 Å². The number of furan rings is 1. The van der Waals surface area contributed by atoms with Gasteiger partial charge in [-0.1, -0.05) is 0 Å². The number of carbonyl (C=O) groups is 1. The van der Waals surface area contributed by atoms with Gasteiger partial charge in [-0.3, -0.25) is 10.1 Å². The molecule has 0 saturated heterocycles. The first-order valence-electron chi connectivity index (χ1n) is 6.14. The molecule has 8 heteroatoms. The predicted molar refractivity (Wildman–Crippen MR) is 77.2 cm³/mol. The van der Waals surface area contributed by atoms with Gasteiger partial charge in [0.05, 0.1) is 12.6 Å². The smallest absolute Gasteiger partial charge is 0.404 e. The summed E-state index contributed by atoms with van der Waals surface area (Å²) in [4.78, 5) is 21.0. The molecule has 8 nitrogen and oxygen atoms in total. The van der Waals surface area contributed by atoms with E-state index in [2.05, 4.69) is 16.0 Å². The second-order valence-electron chi connectivity index (χ2n) is 4.13. The third kappa shape index (κ3) is 3.96. The van der Waals surface area contributed by atoms with Crippen LogP contribution < -0.4 is 16.0 Å². The fourth-order valence-electron chi connectivity index (χ4n) is 1.61. The van der Waals surface area contributed by atoms with Crippen LogP contribution in [0.4, 0.5) is 22.1 Å². The van der Waals surface area contributed by atoms with Crippen molar-refractivity contribution in [2.45, 2.75) is 6.54 Å². The number of nitrogens with one attached hydrogen (secondary N) is 3. The van der Waals surface area contributed by atoms with Crippen LogP contribution in [0, 0.1) is 10.1 Å². The van der Waals surface area contributed by atoms with Gasteiger partial charge < -0.3 is 20.4 Å². The van der Waals surface area contributed by atoms with Gasteiger partial charge >= 0.3 is 11.9 Å². The molecule has 21 heavy (non-hydrogen) atoms. The molecule has 0 bridgehead atoms. The van der Waals surface area contributed by atoms with Crippen LogP contribution in [0.25, 0.3) is 0 Å². The van der Waals surface area contributed by atoms with E-state index in [1.54, 1.807) is 30.3 Å². The van der Waals surface area contributed by atoms with Crippen molar-refractivity contribution in [2.24, 2.45) is 0 Å². The zero-order valence-electron chi connectivity index (χ0n) is 11.3. The fraction of sp³-hybridized carbons (Fsp3) is 0.154. The number of nitro groups is 1. The summed E-state index contributed by atoms with van der Waals surface area (Å²) in [5, 5.41) is 18.6. The molecule has 0 atom stereocenters. The molecule has 2 aromatic rings. The van der Waals surface area contributed by atoms with Crippen molar-refractivity contribution in [3.05, 3.63) is 52.3 Å². The Balaban J connectivity index is 1.91. The predicted octanol–water partition coefficient (Wildman–Crippen LogP) is 2.55. The molecule has 2 rings (SSSR count). The minimum atomic E-state index is -0.581. The van der Waals surface area contributed by atoms with E-state index in [9.17, 15) is 14.9 Å². The molecule has 0 aliphatic rings.